The summed E-state index contributed by atoms with van der Waals surface area (Å²) in [6.07, 6.45) is 1.55. The summed E-state index contributed by atoms with van der Waals surface area (Å²) in [5.74, 6) is 0.601. The number of rotatable bonds is 3. The zero-order valence-electron chi connectivity index (χ0n) is 11.2. The fourth-order valence-electron chi connectivity index (χ4n) is 2.07. The van der Waals surface area contributed by atoms with Crippen LogP contribution in [0.4, 0.5) is 10.2 Å². The molecular formula is C15H14FN3S. The van der Waals surface area contributed by atoms with Gasteiger partial charge in [-0.2, -0.15) is 0 Å². The minimum absolute atomic E-state index is 0.0249. The molecule has 5 heteroatoms. The Balaban J connectivity index is 1.90. The second-order valence-corrected chi connectivity index (χ2v) is 5.63. The van der Waals surface area contributed by atoms with Gasteiger partial charge in [-0.05, 0) is 42.5 Å². The van der Waals surface area contributed by atoms with Crippen LogP contribution in [0.15, 0.2) is 36.0 Å². The summed E-state index contributed by atoms with van der Waals surface area (Å²) in [4.78, 5) is 9.44. The molecule has 2 heterocycles. The van der Waals surface area contributed by atoms with E-state index in [1.54, 1.807) is 36.7 Å². The quantitative estimate of drug-likeness (QED) is 0.780. The summed E-state index contributed by atoms with van der Waals surface area (Å²) in [6.45, 7) is 3.75. The van der Waals surface area contributed by atoms with Gasteiger partial charge in [0.25, 0.3) is 0 Å². The highest BCUT2D eigenvalue weighted by molar-refractivity contribution is 7.16. The normalized spacial score (nSPS) is 12.6. The first kappa shape index (κ1) is 13.0. The monoisotopic (exact) mass is 287 g/mol. The van der Waals surface area contributed by atoms with Gasteiger partial charge in [0.15, 0.2) is 0 Å². The summed E-state index contributed by atoms with van der Waals surface area (Å²) in [7, 11) is 0. The number of thiophene rings is 1. The SMILES string of the molecule is Cc1ccc([C@@H](C)Nc2ncnc3sccc23)cc1F. The van der Waals surface area contributed by atoms with E-state index in [4.69, 9.17) is 0 Å². The first-order valence-electron chi connectivity index (χ1n) is 6.36. The second kappa shape index (κ2) is 5.17. The molecule has 0 aliphatic heterocycles. The van der Waals surface area contributed by atoms with E-state index in [2.05, 4.69) is 15.3 Å². The zero-order chi connectivity index (χ0) is 14.1. The molecule has 0 saturated heterocycles. The van der Waals surface area contributed by atoms with E-state index in [0.717, 1.165) is 21.6 Å². The number of aryl methyl sites for hydroxylation is 1. The molecule has 0 unspecified atom stereocenters. The van der Waals surface area contributed by atoms with E-state index in [0.29, 0.717) is 5.56 Å². The van der Waals surface area contributed by atoms with Crippen molar-refractivity contribution in [3.05, 3.63) is 52.9 Å². The van der Waals surface area contributed by atoms with Gasteiger partial charge in [0.2, 0.25) is 0 Å². The molecule has 1 N–H and O–H groups in total. The zero-order valence-corrected chi connectivity index (χ0v) is 12.0. The Bertz CT molecular complexity index is 754. The Kier molecular flexibility index (Phi) is 3.36. The standard InChI is InChI=1S/C15H14FN3S/c1-9-3-4-11(7-13(9)16)10(2)19-14-12-5-6-20-15(12)18-8-17-14/h3-8,10H,1-2H3,(H,17,18,19)/t10-/m1/s1. The van der Waals surface area contributed by atoms with Crippen LogP contribution in [0.25, 0.3) is 10.2 Å². The summed E-state index contributed by atoms with van der Waals surface area (Å²) < 4.78 is 13.6. The van der Waals surface area contributed by atoms with E-state index in [1.807, 2.05) is 24.4 Å². The van der Waals surface area contributed by atoms with E-state index in [-0.39, 0.29) is 11.9 Å². The highest BCUT2D eigenvalue weighted by Gasteiger charge is 2.11. The van der Waals surface area contributed by atoms with Crippen LogP contribution in [0.3, 0.4) is 0 Å². The van der Waals surface area contributed by atoms with Gasteiger partial charge in [-0.15, -0.1) is 11.3 Å². The summed E-state index contributed by atoms with van der Waals surface area (Å²) in [5.41, 5.74) is 1.55. The molecule has 0 aliphatic rings. The van der Waals surface area contributed by atoms with E-state index in [9.17, 15) is 4.39 Å². The maximum atomic E-state index is 13.6. The lowest BCUT2D eigenvalue weighted by atomic mass is 10.1. The number of hydrogen-bond donors (Lipinski definition) is 1. The van der Waals surface area contributed by atoms with Gasteiger partial charge < -0.3 is 5.32 Å². The Morgan fingerprint density at radius 3 is 2.90 bits per heavy atom. The van der Waals surface area contributed by atoms with Crippen LogP contribution < -0.4 is 5.32 Å². The molecule has 0 amide bonds. The third-order valence-electron chi connectivity index (χ3n) is 3.31. The van der Waals surface area contributed by atoms with Gasteiger partial charge in [0.1, 0.15) is 22.8 Å². The maximum Gasteiger partial charge on any atom is 0.138 e. The maximum absolute atomic E-state index is 13.6. The molecule has 0 bridgehead atoms. The van der Waals surface area contributed by atoms with Crippen LogP contribution in [-0.4, -0.2) is 9.97 Å². The van der Waals surface area contributed by atoms with Crippen LogP contribution in [-0.2, 0) is 0 Å². The summed E-state index contributed by atoms with van der Waals surface area (Å²) >= 11 is 1.58. The minimum atomic E-state index is -0.181. The Labute approximate surface area is 120 Å². The molecule has 3 aromatic rings. The fraction of sp³-hybridized carbons (Fsp3) is 0.200. The van der Waals surface area contributed by atoms with Crippen LogP contribution in [0.1, 0.15) is 24.1 Å². The van der Waals surface area contributed by atoms with Crippen molar-refractivity contribution in [1.82, 2.24) is 9.97 Å². The number of anilines is 1. The highest BCUT2D eigenvalue weighted by atomic mass is 32.1. The first-order chi connectivity index (χ1) is 9.65. The van der Waals surface area contributed by atoms with Crippen molar-refractivity contribution in [3.8, 4) is 0 Å². The van der Waals surface area contributed by atoms with Crippen molar-refractivity contribution in [2.24, 2.45) is 0 Å². The van der Waals surface area contributed by atoms with Crippen LogP contribution >= 0.6 is 11.3 Å². The fourth-order valence-corrected chi connectivity index (χ4v) is 2.80. The van der Waals surface area contributed by atoms with Crippen molar-refractivity contribution >= 4 is 27.4 Å². The molecule has 1 atom stereocenters. The van der Waals surface area contributed by atoms with Gasteiger partial charge in [-0.3, -0.25) is 0 Å². The van der Waals surface area contributed by atoms with E-state index >= 15 is 0 Å². The minimum Gasteiger partial charge on any atom is -0.363 e. The Hall–Kier alpha value is -2.01. The molecule has 0 saturated carbocycles. The van der Waals surface area contributed by atoms with Crippen molar-refractivity contribution < 1.29 is 4.39 Å². The second-order valence-electron chi connectivity index (χ2n) is 4.74. The predicted octanol–water partition coefficient (Wildman–Crippen LogP) is 4.31. The predicted molar refractivity (Wildman–Crippen MR) is 80.6 cm³/mol. The van der Waals surface area contributed by atoms with Gasteiger partial charge >= 0.3 is 0 Å². The topological polar surface area (TPSA) is 37.8 Å². The summed E-state index contributed by atoms with van der Waals surface area (Å²) in [5, 5.41) is 6.31. The van der Waals surface area contributed by atoms with Crippen molar-refractivity contribution in [2.75, 3.05) is 5.32 Å². The van der Waals surface area contributed by atoms with Crippen molar-refractivity contribution in [2.45, 2.75) is 19.9 Å². The number of fused-ring (bicyclic) bond motifs is 1. The smallest absolute Gasteiger partial charge is 0.138 e. The average molecular weight is 287 g/mol. The van der Waals surface area contributed by atoms with Crippen LogP contribution in [0.2, 0.25) is 0 Å². The van der Waals surface area contributed by atoms with Gasteiger partial charge in [0.05, 0.1) is 11.4 Å². The number of aromatic nitrogens is 2. The molecule has 20 heavy (non-hydrogen) atoms. The van der Waals surface area contributed by atoms with E-state index in [1.165, 1.54) is 0 Å². The van der Waals surface area contributed by atoms with Crippen LogP contribution in [0.5, 0.6) is 0 Å². The molecule has 3 nitrogen and oxygen atoms in total. The lowest BCUT2D eigenvalue weighted by molar-refractivity contribution is 0.614. The Morgan fingerprint density at radius 2 is 2.10 bits per heavy atom. The van der Waals surface area contributed by atoms with Crippen molar-refractivity contribution in [1.29, 1.82) is 0 Å². The third-order valence-corrected chi connectivity index (χ3v) is 4.13. The number of benzene rings is 1. The number of nitrogens with one attached hydrogen (secondary N) is 1. The lowest BCUT2D eigenvalue weighted by Crippen LogP contribution is -2.08. The average Bonchev–Trinajstić information content (AvgIpc) is 2.91. The van der Waals surface area contributed by atoms with Crippen LogP contribution in [0, 0.1) is 12.7 Å². The van der Waals surface area contributed by atoms with Gasteiger partial charge in [0, 0.05) is 0 Å². The summed E-state index contributed by atoms with van der Waals surface area (Å²) in [6, 6.07) is 7.26. The molecule has 0 spiro atoms. The van der Waals surface area contributed by atoms with Gasteiger partial charge in [-0.1, -0.05) is 12.1 Å². The molecule has 2 aromatic heterocycles. The highest BCUT2D eigenvalue weighted by Crippen LogP contribution is 2.27. The Morgan fingerprint density at radius 1 is 1.25 bits per heavy atom. The molecular weight excluding hydrogens is 273 g/mol. The number of nitrogens with zero attached hydrogens (tertiary/aromatic N) is 2. The van der Waals surface area contributed by atoms with Crippen molar-refractivity contribution in [3.63, 3.8) is 0 Å². The largest absolute Gasteiger partial charge is 0.363 e. The first-order valence-corrected chi connectivity index (χ1v) is 7.24. The lowest BCUT2D eigenvalue weighted by Gasteiger charge is -2.16. The number of halogens is 1. The molecule has 0 aliphatic carbocycles. The third kappa shape index (κ3) is 2.36. The molecule has 102 valence electrons. The van der Waals surface area contributed by atoms with Gasteiger partial charge in [-0.25, -0.2) is 14.4 Å². The van der Waals surface area contributed by atoms with E-state index < -0.39 is 0 Å². The molecule has 0 radical (unpaired) electrons. The molecule has 3 rings (SSSR count). The molecule has 1 aromatic carbocycles. The molecule has 0 fully saturated rings. The number of hydrogen-bond acceptors (Lipinski definition) is 4.